The smallest absolute Gasteiger partial charge is 0.251 e. The van der Waals surface area contributed by atoms with Crippen LogP contribution in [0.2, 0.25) is 0 Å². The molecule has 0 atom stereocenters. The van der Waals surface area contributed by atoms with Crippen molar-refractivity contribution in [3.8, 4) is 0 Å². The van der Waals surface area contributed by atoms with Crippen LogP contribution in [0, 0.1) is 0 Å². The fraction of sp³-hybridized carbons (Fsp3) is 0.467. The van der Waals surface area contributed by atoms with Crippen LogP contribution in [0.5, 0.6) is 0 Å². The van der Waals surface area contributed by atoms with Crippen LogP contribution in [0.1, 0.15) is 36.0 Å². The Morgan fingerprint density at radius 1 is 0.950 bits per heavy atom. The Morgan fingerprint density at radius 3 is 2.35 bits per heavy atom. The molecule has 0 fully saturated rings. The van der Waals surface area contributed by atoms with E-state index >= 15 is 0 Å². The second-order valence-electron chi connectivity index (χ2n) is 4.54. The first-order chi connectivity index (χ1) is 9.74. The van der Waals surface area contributed by atoms with Crippen LogP contribution in [0.15, 0.2) is 30.3 Å². The number of rotatable bonds is 9. The molecule has 1 aromatic carbocycles. The maximum Gasteiger partial charge on any atom is 0.251 e. The Labute approximate surface area is 119 Å². The molecule has 0 saturated carbocycles. The molecular weight excluding hydrogens is 256 g/mol. The van der Waals surface area contributed by atoms with Crippen LogP contribution in [0.3, 0.4) is 0 Å². The predicted octanol–water partition coefficient (Wildman–Crippen LogP) is 1.09. The van der Waals surface area contributed by atoms with Gasteiger partial charge in [0, 0.05) is 18.7 Å². The Kier molecular flexibility index (Phi) is 8.07. The molecule has 0 spiro atoms. The molecule has 0 bridgehead atoms. The maximum atomic E-state index is 11.7. The molecule has 1 aromatic rings. The first-order valence-corrected chi connectivity index (χ1v) is 6.95. The van der Waals surface area contributed by atoms with Crippen molar-refractivity contribution in [1.82, 2.24) is 10.6 Å². The molecule has 0 aliphatic rings. The molecule has 0 radical (unpaired) electrons. The van der Waals surface area contributed by atoms with E-state index in [2.05, 4.69) is 10.6 Å². The number of aliphatic hydroxyl groups excluding tert-OH is 1. The van der Waals surface area contributed by atoms with Gasteiger partial charge in [0.25, 0.3) is 5.91 Å². The highest BCUT2D eigenvalue weighted by atomic mass is 16.3. The SMILES string of the molecule is O=C(CNC(=O)c1ccccc1)NCCCCCCO. The van der Waals surface area contributed by atoms with Crippen molar-refractivity contribution in [3.05, 3.63) is 35.9 Å². The van der Waals surface area contributed by atoms with Gasteiger partial charge in [0.2, 0.25) is 5.91 Å². The number of aliphatic hydroxyl groups is 1. The van der Waals surface area contributed by atoms with E-state index in [-0.39, 0.29) is 25.0 Å². The molecule has 0 heterocycles. The molecule has 5 heteroatoms. The minimum Gasteiger partial charge on any atom is -0.396 e. The van der Waals surface area contributed by atoms with Gasteiger partial charge in [0.05, 0.1) is 6.54 Å². The van der Waals surface area contributed by atoms with Crippen LogP contribution in [0.4, 0.5) is 0 Å². The van der Waals surface area contributed by atoms with Gasteiger partial charge in [0.15, 0.2) is 0 Å². The van der Waals surface area contributed by atoms with Gasteiger partial charge in [0.1, 0.15) is 0 Å². The van der Waals surface area contributed by atoms with Gasteiger partial charge in [-0.05, 0) is 25.0 Å². The molecule has 20 heavy (non-hydrogen) atoms. The molecule has 0 aromatic heterocycles. The monoisotopic (exact) mass is 278 g/mol. The number of benzene rings is 1. The quantitative estimate of drug-likeness (QED) is 0.592. The minimum absolute atomic E-state index is 0.00956. The van der Waals surface area contributed by atoms with E-state index in [9.17, 15) is 9.59 Å². The van der Waals surface area contributed by atoms with Crippen molar-refractivity contribution in [3.63, 3.8) is 0 Å². The zero-order valence-electron chi connectivity index (χ0n) is 11.6. The summed E-state index contributed by atoms with van der Waals surface area (Å²) in [5.74, 6) is -0.430. The van der Waals surface area contributed by atoms with E-state index in [1.165, 1.54) is 0 Å². The number of carbonyl (C=O) groups excluding carboxylic acids is 2. The molecule has 5 nitrogen and oxygen atoms in total. The van der Waals surface area contributed by atoms with Crippen LogP contribution in [-0.4, -0.2) is 36.6 Å². The second kappa shape index (κ2) is 9.97. The van der Waals surface area contributed by atoms with Crippen molar-refractivity contribution >= 4 is 11.8 Å². The summed E-state index contributed by atoms with van der Waals surface area (Å²) in [6.07, 6.45) is 3.65. The fourth-order valence-electron chi connectivity index (χ4n) is 1.73. The molecular formula is C15H22N2O3. The third-order valence-corrected chi connectivity index (χ3v) is 2.85. The number of hydrogen-bond donors (Lipinski definition) is 3. The molecule has 0 unspecified atom stereocenters. The lowest BCUT2D eigenvalue weighted by Crippen LogP contribution is -2.37. The Balaban J connectivity index is 2.09. The highest BCUT2D eigenvalue weighted by Gasteiger charge is 2.06. The lowest BCUT2D eigenvalue weighted by Gasteiger charge is -2.07. The van der Waals surface area contributed by atoms with Crippen molar-refractivity contribution < 1.29 is 14.7 Å². The van der Waals surface area contributed by atoms with E-state index < -0.39 is 0 Å². The number of unbranched alkanes of at least 4 members (excludes halogenated alkanes) is 3. The largest absolute Gasteiger partial charge is 0.396 e. The van der Waals surface area contributed by atoms with E-state index in [4.69, 9.17) is 5.11 Å². The fourth-order valence-corrected chi connectivity index (χ4v) is 1.73. The zero-order valence-corrected chi connectivity index (χ0v) is 11.6. The third-order valence-electron chi connectivity index (χ3n) is 2.85. The van der Waals surface area contributed by atoms with Crippen molar-refractivity contribution in [2.24, 2.45) is 0 Å². The Morgan fingerprint density at radius 2 is 1.65 bits per heavy atom. The molecule has 3 N–H and O–H groups in total. The van der Waals surface area contributed by atoms with Gasteiger partial charge in [-0.15, -0.1) is 0 Å². The van der Waals surface area contributed by atoms with Crippen LogP contribution in [0.25, 0.3) is 0 Å². The van der Waals surface area contributed by atoms with Gasteiger partial charge in [-0.3, -0.25) is 9.59 Å². The summed E-state index contributed by atoms with van der Waals surface area (Å²) < 4.78 is 0. The highest BCUT2D eigenvalue weighted by molar-refractivity contribution is 5.96. The van der Waals surface area contributed by atoms with Gasteiger partial charge in [-0.1, -0.05) is 31.0 Å². The summed E-state index contributed by atoms with van der Waals surface area (Å²) in [4.78, 5) is 23.2. The summed E-state index contributed by atoms with van der Waals surface area (Å²) in [7, 11) is 0. The lowest BCUT2D eigenvalue weighted by atomic mass is 10.2. The van der Waals surface area contributed by atoms with Gasteiger partial charge < -0.3 is 15.7 Å². The van der Waals surface area contributed by atoms with E-state index in [1.54, 1.807) is 24.3 Å². The number of hydrogen-bond acceptors (Lipinski definition) is 3. The predicted molar refractivity (Wildman–Crippen MR) is 77.3 cm³/mol. The standard InChI is InChI=1S/C15H22N2O3/c18-11-7-2-1-6-10-16-14(19)12-17-15(20)13-8-4-3-5-9-13/h3-5,8-9,18H,1-2,6-7,10-12H2,(H,16,19)(H,17,20). The third kappa shape index (κ3) is 6.89. The zero-order chi connectivity index (χ0) is 14.6. The number of nitrogens with one attached hydrogen (secondary N) is 2. The summed E-state index contributed by atoms with van der Waals surface area (Å²) >= 11 is 0. The van der Waals surface area contributed by atoms with Crippen molar-refractivity contribution in [2.45, 2.75) is 25.7 Å². The number of amides is 2. The summed E-state index contributed by atoms with van der Waals surface area (Å²) in [6.45, 7) is 0.813. The molecule has 0 saturated heterocycles. The first kappa shape index (κ1) is 16.2. The Bertz CT molecular complexity index is 407. The van der Waals surface area contributed by atoms with Gasteiger partial charge >= 0.3 is 0 Å². The highest BCUT2D eigenvalue weighted by Crippen LogP contribution is 1.98. The average molecular weight is 278 g/mol. The minimum atomic E-state index is -0.247. The van der Waals surface area contributed by atoms with Crippen molar-refractivity contribution in [1.29, 1.82) is 0 Å². The second-order valence-corrected chi connectivity index (χ2v) is 4.54. The maximum absolute atomic E-state index is 11.7. The first-order valence-electron chi connectivity index (χ1n) is 6.95. The molecule has 2 amide bonds. The van der Waals surface area contributed by atoms with E-state index in [0.717, 1.165) is 25.7 Å². The van der Waals surface area contributed by atoms with Crippen molar-refractivity contribution in [2.75, 3.05) is 19.7 Å². The lowest BCUT2D eigenvalue weighted by molar-refractivity contribution is -0.120. The molecule has 0 aliphatic heterocycles. The summed E-state index contributed by atoms with van der Waals surface area (Å²) in [5.41, 5.74) is 0.546. The summed E-state index contributed by atoms with van der Waals surface area (Å²) in [5, 5.41) is 13.9. The van der Waals surface area contributed by atoms with Gasteiger partial charge in [-0.2, -0.15) is 0 Å². The van der Waals surface area contributed by atoms with E-state index in [1.807, 2.05) is 6.07 Å². The number of carbonyl (C=O) groups is 2. The van der Waals surface area contributed by atoms with Crippen LogP contribution < -0.4 is 10.6 Å². The normalized spacial score (nSPS) is 10.1. The molecule has 110 valence electrons. The molecule has 1 rings (SSSR count). The van der Waals surface area contributed by atoms with Crippen LogP contribution in [-0.2, 0) is 4.79 Å². The topological polar surface area (TPSA) is 78.4 Å². The van der Waals surface area contributed by atoms with Gasteiger partial charge in [-0.25, -0.2) is 0 Å². The molecule has 0 aliphatic carbocycles. The average Bonchev–Trinajstić information content (AvgIpc) is 2.49. The summed E-state index contributed by atoms with van der Waals surface area (Å²) in [6, 6.07) is 8.80. The van der Waals surface area contributed by atoms with E-state index in [0.29, 0.717) is 12.1 Å². The van der Waals surface area contributed by atoms with Crippen LogP contribution >= 0.6 is 0 Å². The Hall–Kier alpha value is -1.88.